The van der Waals surface area contributed by atoms with Gasteiger partial charge in [-0.2, -0.15) is 5.10 Å². The van der Waals surface area contributed by atoms with Gasteiger partial charge in [0.25, 0.3) is 0 Å². The summed E-state index contributed by atoms with van der Waals surface area (Å²) in [5.41, 5.74) is 6.92. The predicted molar refractivity (Wildman–Crippen MR) is 79.3 cm³/mol. The largest absolute Gasteiger partial charge is 0.342 e. The molecule has 1 amide bonds. The van der Waals surface area contributed by atoms with Gasteiger partial charge in [0, 0.05) is 31.9 Å². The number of aromatic nitrogens is 2. The Morgan fingerprint density at radius 3 is 2.60 bits per heavy atom. The van der Waals surface area contributed by atoms with Gasteiger partial charge >= 0.3 is 0 Å². The number of carbonyl (C=O) groups is 1. The summed E-state index contributed by atoms with van der Waals surface area (Å²) in [6.45, 7) is 6.37. The summed E-state index contributed by atoms with van der Waals surface area (Å²) in [5, 5.41) is 4.33. The minimum absolute atomic E-state index is 0.113. The van der Waals surface area contributed by atoms with E-state index in [1.165, 1.54) is 6.42 Å². The highest BCUT2D eigenvalue weighted by Gasteiger charge is 2.25. The van der Waals surface area contributed by atoms with Crippen molar-refractivity contribution in [2.24, 2.45) is 11.7 Å². The Kier molecular flexibility index (Phi) is 5.17. The number of rotatable bonds is 5. The molecular weight excluding hydrogens is 252 g/mol. The lowest BCUT2D eigenvalue weighted by Gasteiger charge is -2.30. The molecule has 2 heterocycles. The number of piperidine rings is 1. The number of hydrogen-bond acceptors (Lipinski definition) is 3. The molecule has 0 bridgehead atoms. The third-order valence-corrected chi connectivity index (χ3v) is 3.97. The van der Waals surface area contributed by atoms with Gasteiger partial charge in [0.15, 0.2) is 0 Å². The van der Waals surface area contributed by atoms with Gasteiger partial charge in [-0.15, -0.1) is 0 Å². The maximum absolute atomic E-state index is 12.5. The van der Waals surface area contributed by atoms with Gasteiger partial charge in [-0.05, 0) is 45.1 Å². The van der Waals surface area contributed by atoms with Crippen LogP contribution >= 0.6 is 0 Å². The van der Waals surface area contributed by atoms with Crippen molar-refractivity contribution in [1.82, 2.24) is 14.7 Å². The SMILES string of the molecule is CC(C)n1cc(CC(CN)C(=O)N2CCCCC2)cn1. The molecule has 1 atom stereocenters. The van der Waals surface area contributed by atoms with Crippen LogP contribution in [0.3, 0.4) is 0 Å². The number of hydrogen-bond donors (Lipinski definition) is 1. The first kappa shape index (κ1) is 15.0. The zero-order valence-electron chi connectivity index (χ0n) is 12.6. The van der Waals surface area contributed by atoms with Crippen molar-refractivity contribution in [3.63, 3.8) is 0 Å². The van der Waals surface area contributed by atoms with Crippen molar-refractivity contribution < 1.29 is 4.79 Å². The lowest BCUT2D eigenvalue weighted by atomic mass is 9.98. The zero-order valence-corrected chi connectivity index (χ0v) is 12.6. The van der Waals surface area contributed by atoms with Crippen molar-refractivity contribution in [3.8, 4) is 0 Å². The second-order valence-electron chi connectivity index (χ2n) is 5.95. The first-order valence-electron chi connectivity index (χ1n) is 7.63. The van der Waals surface area contributed by atoms with Gasteiger partial charge in [-0.1, -0.05) is 0 Å². The van der Waals surface area contributed by atoms with Crippen LogP contribution in [0.1, 0.15) is 44.7 Å². The van der Waals surface area contributed by atoms with Gasteiger partial charge in [0.1, 0.15) is 0 Å². The van der Waals surface area contributed by atoms with Gasteiger partial charge < -0.3 is 10.6 Å². The van der Waals surface area contributed by atoms with Crippen molar-refractivity contribution in [1.29, 1.82) is 0 Å². The van der Waals surface area contributed by atoms with Gasteiger partial charge in [0.05, 0.1) is 12.1 Å². The van der Waals surface area contributed by atoms with Crippen LogP contribution in [0.2, 0.25) is 0 Å². The average molecular weight is 278 g/mol. The third-order valence-electron chi connectivity index (χ3n) is 3.97. The van der Waals surface area contributed by atoms with E-state index in [2.05, 4.69) is 18.9 Å². The smallest absolute Gasteiger partial charge is 0.227 e. The topological polar surface area (TPSA) is 64.2 Å². The normalized spacial score (nSPS) is 17.5. The van der Waals surface area contributed by atoms with E-state index in [0.29, 0.717) is 19.0 Å². The van der Waals surface area contributed by atoms with Crippen LogP contribution in [-0.4, -0.2) is 40.2 Å². The maximum Gasteiger partial charge on any atom is 0.227 e. The summed E-state index contributed by atoms with van der Waals surface area (Å²) in [6.07, 6.45) is 8.04. The molecule has 1 aliphatic heterocycles. The molecule has 0 spiro atoms. The van der Waals surface area contributed by atoms with Gasteiger partial charge in [0.2, 0.25) is 5.91 Å². The van der Waals surface area contributed by atoms with Gasteiger partial charge in [-0.25, -0.2) is 0 Å². The molecule has 2 rings (SSSR count). The number of amides is 1. The Balaban J connectivity index is 1.98. The molecule has 0 saturated carbocycles. The number of nitrogens with two attached hydrogens (primary N) is 1. The Bertz CT molecular complexity index is 435. The fourth-order valence-electron chi connectivity index (χ4n) is 2.69. The molecule has 5 nitrogen and oxygen atoms in total. The van der Waals surface area contributed by atoms with Crippen molar-refractivity contribution in [2.75, 3.05) is 19.6 Å². The summed E-state index contributed by atoms with van der Waals surface area (Å²) in [6, 6.07) is 0.345. The van der Waals surface area contributed by atoms with Crippen molar-refractivity contribution in [3.05, 3.63) is 18.0 Å². The third kappa shape index (κ3) is 3.60. The number of nitrogens with zero attached hydrogens (tertiary/aromatic N) is 3. The van der Waals surface area contributed by atoms with E-state index in [1.807, 2.05) is 22.0 Å². The monoisotopic (exact) mass is 278 g/mol. The van der Waals surface area contributed by atoms with Gasteiger partial charge in [-0.3, -0.25) is 9.48 Å². The molecule has 0 radical (unpaired) electrons. The van der Waals surface area contributed by atoms with E-state index in [9.17, 15) is 4.79 Å². The van der Waals surface area contributed by atoms with E-state index >= 15 is 0 Å². The Morgan fingerprint density at radius 1 is 1.35 bits per heavy atom. The highest BCUT2D eigenvalue weighted by Crippen LogP contribution is 2.16. The molecule has 1 unspecified atom stereocenters. The molecule has 20 heavy (non-hydrogen) atoms. The summed E-state index contributed by atoms with van der Waals surface area (Å²) >= 11 is 0. The van der Waals surface area contributed by atoms with Crippen LogP contribution in [0.4, 0.5) is 0 Å². The highest BCUT2D eigenvalue weighted by atomic mass is 16.2. The molecule has 1 fully saturated rings. The summed E-state index contributed by atoms with van der Waals surface area (Å²) in [5.74, 6) is 0.0995. The quantitative estimate of drug-likeness (QED) is 0.889. The molecule has 1 aliphatic rings. The van der Waals surface area contributed by atoms with E-state index in [-0.39, 0.29) is 11.8 Å². The Morgan fingerprint density at radius 2 is 2.05 bits per heavy atom. The summed E-state index contributed by atoms with van der Waals surface area (Å²) in [7, 11) is 0. The van der Waals surface area contributed by atoms with E-state index in [0.717, 1.165) is 31.5 Å². The lowest BCUT2D eigenvalue weighted by molar-refractivity contribution is -0.136. The minimum atomic E-state index is -0.113. The van der Waals surface area contributed by atoms with Crippen LogP contribution in [0, 0.1) is 5.92 Å². The molecule has 1 aromatic rings. The summed E-state index contributed by atoms with van der Waals surface area (Å²) in [4.78, 5) is 14.5. The molecule has 1 saturated heterocycles. The molecule has 0 aromatic carbocycles. The predicted octanol–water partition coefficient (Wildman–Crippen LogP) is 1.59. The van der Waals surface area contributed by atoms with Crippen molar-refractivity contribution >= 4 is 5.91 Å². The lowest BCUT2D eigenvalue weighted by Crippen LogP contribution is -2.42. The van der Waals surface area contributed by atoms with Crippen LogP contribution in [-0.2, 0) is 11.2 Å². The Labute approximate surface area is 121 Å². The zero-order chi connectivity index (χ0) is 14.5. The molecule has 0 aliphatic carbocycles. The van der Waals surface area contributed by atoms with E-state index in [4.69, 9.17) is 5.73 Å². The van der Waals surface area contributed by atoms with Crippen molar-refractivity contribution in [2.45, 2.75) is 45.6 Å². The number of likely N-dealkylation sites (tertiary alicyclic amines) is 1. The average Bonchev–Trinajstić information content (AvgIpc) is 2.94. The first-order valence-corrected chi connectivity index (χ1v) is 7.63. The number of carbonyl (C=O) groups excluding carboxylic acids is 1. The molecule has 2 N–H and O–H groups in total. The highest BCUT2D eigenvalue weighted by molar-refractivity contribution is 5.79. The molecule has 5 heteroatoms. The second kappa shape index (κ2) is 6.88. The summed E-state index contributed by atoms with van der Waals surface area (Å²) < 4.78 is 1.92. The standard InChI is InChI=1S/C15H26N4O/c1-12(2)19-11-13(10-17-19)8-14(9-16)15(20)18-6-4-3-5-7-18/h10-12,14H,3-9,16H2,1-2H3. The fourth-order valence-corrected chi connectivity index (χ4v) is 2.69. The van der Waals surface area contributed by atoms with Crippen LogP contribution < -0.4 is 5.73 Å². The van der Waals surface area contributed by atoms with E-state index in [1.54, 1.807) is 0 Å². The van der Waals surface area contributed by atoms with Crippen LogP contribution in [0.15, 0.2) is 12.4 Å². The van der Waals surface area contributed by atoms with Crippen LogP contribution in [0.5, 0.6) is 0 Å². The van der Waals surface area contributed by atoms with Crippen LogP contribution in [0.25, 0.3) is 0 Å². The Hall–Kier alpha value is -1.36. The molecule has 112 valence electrons. The second-order valence-corrected chi connectivity index (χ2v) is 5.95. The fraction of sp³-hybridized carbons (Fsp3) is 0.733. The molecule has 1 aromatic heterocycles. The first-order chi connectivity index (χ1) is 9.61. The maximum atomic E-state index is 12.5. The van der Waals surface area contributed by atoms with E-state index < -0.39 is 0 Å². The minimum Gasteiger partial charge on any atom is -0.342 e. The molecular formula is C15H26N4O.